The number of nitrogens with zero attached hydrogens (tertiary/aromatic N) is 2. The van der Waals surface area contributed by atoms with Crippen molar-refractivity contribution in [1.82, 2.24) is 4.90 Å². The zero-order valence-electron chi connectivity index (χ0n) is 11.6. The molecule has 0 N–H and O–H groups in total. The van der Waals surface area contributed by atoms with Crippen LogP contribution in [0, 0.1) is 17.2 Å². The summed E-state index contributed by atoms with van der Waals surface area (Å²) in [4.78, 5) is 14.4. The Morgan fingerprint density at radius 3 is 2.68 bits per heavy atom. The lowest BCUT2D eigenvalue weighted by atomic mass is 10.0. The summed E-state index contributed by atoms with van der Waals surface area (Å²) < 4.78 is 0. The van der Waals surface area contributed by atoms with Gasteiger partial charge in [-0.2, -0.15) is 5.26 Å². The normalized spacial score (nSPS) is 13.9. The molecule has 19 heavy (non-hydrogen) atoms. The van der Waals surface area contributed by atoms with Gasteiger partial charge in [0.1, 0.15) is 0 Å². The Bertz CT molecular complexity index is 481. The second-order valence-electron chi connectivity index (χ2n) is 4.67. The number of hydrogen-bond acceptors (Lipinski definition) is 3. The molecule has 0 fully saturated rings. The third kappa shape index (κ3) is 4.34. The molecule has 0 amide bonds. The van der Waals surface area contributed by atoms with E-state index in [0.717, 1.165) is 6.54 Å². The van der Waals surface area contributed by atoms with E-state index in [1.54, 1.807) is 24.3 Å². The van der Waals surface area contributed by atoms with Gasteiger partial charge in [-0.15, -0.1) is 0 Å². The first kappa shape index (κ1) is 15.7. The number of rotatable bonds is 6. The molecule has 1 aromatic rings. The zero-order valence-corrected chi connectivity index (χ0v) is 12.3. The van der Waals surface area contributed by atoms with Gasteiger partial charge in [-0.3, -0.25) is 9.69 Å². The maximum absolute atomic E-state index is 12.4. The van der Waals surface area contributed by atoms with E-state index in [2.05, 4.69) is 6.07 Å². The molecule has 0 bridgehead atoms. The predicted octanol–water partition coefficient (Wildman–Crippen LogP) is 3.39. The minimum atomic E-state index is -0.251. The molecule has 0 spiro atoms. The van der Waals surface area contributed by atoms with Gasteiger partial charge in [0.2, 0.25) is 0 Å². The fourth-order valence-corrected chi connectivity index (χ4v) is 2.19. The third-order valence-electron chi connectivity index (χ3n) is 3.17. The molecule has 0 heterocycles. The molecule has 4 heteroatoms. The number of likely N-dealkylation sites (N-methyl/N-ethyl adjacent to an activating group) is 1. The van der Waals surface area contributed by atoms with Crippen LogP contribution >= 0.6 is 11.6 Å². The fourth-order valence-electron chi connectivity index (χ4n) is 2.00. The largest absolute Gasteiger partial charge is 0.292 e. The van der Waals surface area contributed by atoms with Crippen LogP contribution in [0.1, 0.15) is 31.1 Å². The lowest BCUT2D eigenvalue weighted by molar-refractivity contribution is 0.0835. The molecule has 1 aromatic carbocycles. The first-order valence-electron chi connectivity index (χ1n) is 6.43. The Balaban J connectivity index is 2.83. The van der Waals surface area contributed by atoms with Crippen LogP contribution in [0.2, 0.25) is 5.02 Å². The van der Waals surface area contributed by atoms with E-state index in [1.165, 1.54) is 0 Å². The van der Waals surface area contributed by atoms with E-state index in [9.17, 15) is 4.79 Å². The molecule has 0 saturated carbocycles. The van der Waals surface area contributed by atoms with Crippen LogP contribution in [0.25, 0.3) is 0 Å². The van der Waals surface area contributed by atoms with Gasteiger partial charge in [-0.05, 0) is 32.5 Å². The Morgan fingerprint density at radius 2 is 2.16 bits per heavy atom. The second-order valence-corrected chi connectivity index (χ2v) is 5.10. The van der Waals surface area contributed by atoms with Crippen LogP contribution in [-0.4, -0.2) is 29.8 Å². The van der Waals surface area contributed by atoms with Crippen molar-refractivity contribution in [2.75, 3.05) is 13.1 Å². The Morgan fingerprint density at radius 1 is 1.47 bits per heavy atom. The van der Waals surface area contributed by atoms with Crippen molar-refractivity contribution in [2.24, 2.45) is 5.92 Å². The minimum Gasteiger partial charge on any atom is -0.292 e. The Kier molecular flexibility index (Phi) is 6.01. The van der Waals surface area contributed by atoms with Crippen LogP contribution in [-0.2, 0) is 0 Å². The van der Waals surface area contributed by atoms with Gasteiger partial charge >= 0.3 is 0 Å². The highest BCUT2D eigenvalue weighted by molar-refractivity contribution is 6.31. The summed E-state index contributed by atoms with van der Waals surface area (Å²) in [5.41, 5.74) is 0.614. The molecule has 0 aliphatic rings. The van der Waals surface area contributed by atoms with E-state index in [1.807, 2.05) is 25.7 Å². The van der Waals surface area contributed by atoms with E-state index >= 15 is 0 Å². The predicted molar refractivity (Wildman–Crippen MR) is 77.3 cm³/mol. The Labute approximate surface area is 119 Å². The summed E-state index contributed by atoms with van der Waals surface area (Å²) in [6.45, 7) is 7.06. The quantitative estimate of drug-likeness (QED) is 0.749. The van der Waals surface area contributed by atoms with Crippen molar-refractivity contribution in [3.8, 4) is 6.07 Å². The summed E-state index contributed by atoms with van der Waals surface area (Å²) in [5, 5.41) is 9.44. The van der Waals surface area contributed by atoms with E-state index in [-0.39, 0.29) is 17.7 Å². The van der Waals surface area contributed by atoms with Gasteiger partial charge in [0.15, 0.2) is 5.78 Å². The third-order valence-corrected chi connectivity index (χ3v) is 3.41. The first-order chi connectivity index (χ1) is 8.99. The van der Waals surface area contributed by atoms with Crippen LogP contribution < -0.4 is 0 Å². The van der Waals surface area contributed by atoms with Crippen molar-refractivity contribution < 1.29 is 4.79 Å². The van der Waals surface area contributed by atoms with Crippen molar-refractivity contribution in [3.63, 3.8) is 0 Å². The maximum atomic E-state index is 12.4. The minimum absolute atomic E-state index is 0.0366. The van der Waals surface area contributed by atoms with Gasteiger partial charge in [-0.25, -0.2) is 0 Å². The van der Waals surface area contributed by atoms with Gasteiger partial charge in [0.25, 0.3) is 0 Å². The number of ketones is 1. The number of benzene rings is 1. The molecular weight excluding hydrogens is 260 g/mol. The monoisotopic (exact) mass is 278 g/mol. The lowest BCUT2D eigenvalue weighted by Crippen LogP contribution is -2.41. The summed E-state index contributed by atoms with van der Waals surface area (Å²) in [7, 11) is 0. The molecule has 0 aromatic heterocycles. The molecule has 1 rings (SSSR count). The molecule has 102 valence electrons. The SMILES string of the molecule is CCN(CC(C)C#N)C(C)C(=O)c1cccc(Cl)c1. The number of carbonyl (C=O) groups is 1. The van der Waals surface area contributed by atoms with Gasteiger partial charge in [-0.1, -0.05) is 30.7 Å². The van der Waals surface area contributed by atoms with E-state index in [4.69, 9.17) is 16.9 Å². The van der Waals surface area contributed by atoms with Crippen LogP contribution in [0.15, 0.2) is 24.3 Å². The van der Waals surface area contributed by atoms with Crippen molar-refractivity contribution in [3.05, 3.63) is 34.9 Å². The lowest BCUT2D eigenvalue weighted by Gasteiger charge is -2.27. The number of halogens is 1. The van der Waals surface area contributed by atoms with Crippen molar-refractivity contribution in [2.45, 2.75) is 26.8 Å². The average molecular weight is 279 g/mol. The molecule has 3 nitrogen and oxygen atoms in total. The highest BCUT2D eigenvalue weighted by atomic mass is 35.5. The summed E-state index contributed by atoms with van der Waals surface area (Å²) in [6, 6.07) is 8.92. The first-order valence-corrected chi connectivity index (χ1v) is 6.80. The van der Waals surface area contributed by atoms with Crippen molar-refractivity contribution >= 4 is 17.4 Å². The molecule has 0 radical (unpaired) electrons. The van der Waals surface area contributed by atoms with Gasteiger partial charge in [0.05, 0.1) is 18.0 Å². The number of hydrogen-bond donors (Lipinski definition) is 0. The highest BCUT2D eigenvalue weighted by Gasteiger charge is 2.22. The molecule has 0 saturated heterocycles. The Hall–Kier alpha value is -1.37. The average Bonchev–Trinajstić information content (AvgIpc) is 2.42. The fraction of sp³-hybridized carbons (Fsp3) is 0.467. The maximum Gasteiger partial charge on any atom is 0.179 e. The van der Waals surface area contributed by atoms with Crippen molar-refractivity contribution in [1.29, 1.82) is 5.26 Å². The molecule has 0 aliphatic heterocycles. The van der Waals surface area contributed by atoms with Crippen LogP contribution in [0.5, 0.6) is 0 Å². The van der Waals surface area contributed by atoms with E-state index < -0.39 is 0 Å². The highest BCUT2D eigenvalue weighted by Crippen LogP contribution is 2.15. The standard InChI is InChI=1S/C15H19ClN2O/c1-4-18(10-11(2)9-17)12(3)15(19)13-6-5-7-14(16)8-13/h5-8,11-12H,4,10H2,1-3H3. The van der Waals surface area contributed by atoms with Crippen LogP contribution in [0.4, 0.5) is 0 Å². The molecular formula is C15H19ClN2O. The molecule has 0 aliphatic carbocycles. The van der Waals surface area contributed by atoms with Gasteiger partial charge < -0.3 is 0 Å². The summed E-state index contributed by atoms with van der Waals surface area (Å²) in [5.74, 6) is -0.0518. The topological polar surface area (TPSA) is 44.1 Å². The summed E-state index contributed by atoms with van der Waals surface area (Å²) in [6.07, 6.45) is 0. The summed E-state index contributed by atoms with van der Waals surface area (Å²) >= 11 is 5.90. The smallest absolute Gasteiger partial charge is 0.179 e. The number of carbonyl (C=O) groups excluding carboxylic acids is 1. The number of Topliss-reactive ketones (excluding diaryl/α,β-unsaturated/α-hetero) is 1. The number of nitriles is 1. The second kappa shape index (κ2) is 7.28. The molecule has 2 atom stereocenters. The van der Waals surface area contributed by atoms with Gasteiger partial charge in [0, 0.05) is 17.1 Å². The van der Waals surface area contributed by atoms with Crippen LogP contribution in [0.3, 0.4) is 0 Å². The molecule has 2 unspecified atom stereocenters. The zero-order chi connectivity index (χ0) is 14.4. The van der Waals surface area contributed by atoms with E-state index in [0.29, 0.717) is 17.1 Å².